The third-order valence-corrected chi connectivity index (χ3v) is 3.12. The van der Waals surface area contributed by atoms with Gasteiger partial charge in [-0.2, -0.15) is 0 Å². The molecule has 0 spiro atoms. The molecule has 1 nitrogen and oxygen atoms in total. The molecule has 0 fully saturated rings. The Balaban J connectivity index is 2.76. The molecule has 0 bridgehead atoms. The molecule has 0 saturated carbocycles. The summed E-state index contributed by atoms with van der Waals surface area (Å²) in [5.41, 5.74) is 2.41. The maximum absolute atomic E-state index is 9.88. The maximum Gasteiger partial charge on any atom is 0.119 e. The second-order valence-corrected chi connectivity index (χ2v) is 6.39. The Hall–Kier alpha value is -0.980. The van der Waals surface area contributed by atoms with Crippen LogP contribution in [0.3, 0.4) is 0 Å². The Morgan fingerprint density at radius 3 is 2.35 bits per heavy atom. The zero-order valence-electron chi connectivity index (χ0n) is 11.9. The van der Waals surface area contributed by atoms with Gasteiger partial charge in [-0.05, 0) is 41.4 Å². The SMILES string of the molecule is CC(C)CCCc1ccc(O)c(C(C)(C)C)c1. The van der Waals surface area contributed by atoms with E-state index in [1.54, 1.807) is 0 Å². The van der Waals surface area contributed by atoms with Gasteiger partial charge in [0.1, 0.15) is 5.75 Å². The first-order valence-corrected chi connectivity index (χ1v) is 6.63. The minimum Gasteiger partial charge on any atom is -0.508 e. The van der Waals surface area contributed by atoms with E-state index in [-0.39, 0.29) is 5.41 Å². The normalized spacial score (nSPS) is 12.1. The van der Waals surface area contributed by atoms with Crippen molar-refractivity contribution in [1.82, 2.24) is 0 Å². The molecule has 1 heteroatoms. The topological polar surface area (TPSA) is 20.2 Å². The molecule has 1 aromatic rings. The van der Waals surface area contributed by atoms with Gasteiger partial charge in [-0.15, -0.1) is 0 Å². The first-order valence-electron chi connectivity index (χ1n) is 6.63. The highest BCUT2D eigenvalue weighted by Gasteiger charge is 2.18. The predicted molar refractivity (Wildman–Crippen MR) is 74.6 cm³/mol. The van der Waals surface area contributed by atoms with Gasteiger partial charge in [-0.1, -0.05) is 53.2 Å². The summed E-state index contributed by atoms with van der Waals surface area (Å²) in [6.07, 6.45) is 3.61. The third kappa shape index (κ3) is 4.41. The van der Waals surface area contributed by atoms with E-state index in [0.717, 1.165) is 17.9 Å². The second kappa shape index (κ2) is 5.57. The van der Waals surface area contributed by atoms with Crippen molar-refractivity contribution >= 4 is 0 Å². The number of benzene rings is 1. The molecular formula is C16H26O. The molecular weight excluding hydrogens is 208 g/mol. The molecule has 1 aromatic carbocycles. The van der Waals surface area contributed by atoms with Crippen LogP contribution in [0.1, 0.15) is 58.6 Å². The Bertz CT molecular complexity index is 358. The van der Waals surface area contributed by atoms with Crippen molar-refractivity contribution in [2.45, 2.75) is 59.3 Å². The van der Waals surface area contributed by atoms with Crippen LogP contribution >= 0.6 is 0 Å². The zero-order chi connectivity index (χ0) is 13.1. The van der Waals surface area contributed by atoms with Gasteiger partial charge in [0.2, 0.25) is 0 Å². The van der Waals surface area contributed by atoms with Gasteiger partial charge < -0.3 is 5.11 Å². The largest absolute Gasteiger partial charge is 0.508 e. The minimum atomic E-state index is 0.0120. The van der Waals surface area contributed by atoms with Crippen molar-refractivity contribution in [2.75, 3.05) is 0 Å². The molecule has 0 aromatic heterocycles. The van der Waals surface area contributed by atoms with Crippen LogP contribution in [-0.2, 0) is 11.8 Å². The van der Waals surface area contributed by atoms with E-state index in [9.17, 15) is 5.11 Å². The van der Waals surface area contributed by atoms with Crippen LogP contribution in [0.5, 0.6) is 5.75 Å². The zero-order valence-corrected chi connectivity index (χ0v) is 11.9. The standard InChI is InChI=1S/C16H26O/c1-12(2)7-6-8-13-9-10-15(17)14(11-13)16(3,4)5/h9-12,17H,6-8H2,1-5H3. The van der Waals surface area contributed by atoms with Crippen LogP contribution < -0.4 is 0 Å². The first kappa shape index (κ1) is 14.1. The highest BCUT2D eigenvalue weighted by Crippen LogP contribution is 2.31. The lowest BCUT2D eigenvalue weighted by molar-refractivity contribution is 0.446. The van der Waals surface area contributed by atoms with Crippen molar-refractivity contribution in [3.05, 3.63) is 29.3 Å². The molecule has 0 atom stereocenters. The molecule has 0 amide bonds. The number of hydrogen-bond acceptors (Lipinski definition) is 1. The third-order valence-electron chi connectivity index (χ3n) is 3.12. The lowest BCUT2D eigenvalue weighted by atomic mass is 9.85. The Kier molecular flexibility index (Phi) is 4.62. The van der Waals surface area contributed by atoms with E-state index in [4.69, 9.17) is 0 Å². The summed E-state index contributed by atoms with van der Waals surface area (Å²) >= 11 is 0. The highest BCUT2D eigenvalue weighted by atomic mass is 16.3. The lowest BCUT2D eigenvalue weighted by Gasteiger charge is -2.21. The molecule has 1 N–H and O–H groups in total. The van der Waals surface area contributed by atoms with Gasteiger partial charge in [0.15, 0.2) is 0 Å². The van der Waals surface area contributed by atoms with Gasteiger partial charge in [-0.3, -0.25) is 0 Å². The number of rotatable bonds is 4. The van der Waals surface area contributed by atoms with Gasteiger partial charge in [-0.25, -0.2) is 0 Å². The molecule has 0 saturated heterocycles. The summed E-state index contributed by atoms with van der Waals surface area (Å²) in [7, 11) is 0. The number of aryl methyl sites for hydroxylation is 1. The van der Waals surface area contributed by atoms with E-state index in [2.05, 4.69) is 40.7 Å². The van der Waals surface area contributed by atoms with E-state index in [1.807, 2.05) is 12.1 Å². The lowest BCUT2D eigenvalue weighted by Crippen LogP contribution is -2.11. The van der Waals surface area contributed by atoms with Crippen molar-refractivity contribution in [2.24, 2.45) is 5.92 Å². The van der Waals surface area contributed by atoms with Gasteiger partial charge in [0, 0.05) is 0 Å². The second-order valence-electron chi connectivity index (χ2n) is 6.39. The average Bonchev–Trinajstić information content (AvgIpc) is 2.18. The summed E-state index contributed by atoms with van der Waals surface area (Å²) in [5, 5.41) is 9.88. The summed E-state index contributed by atoms with van der Waals surface area (Å²) in [5.74, 6) is 1.19. The summed E-state index contributed by atoms with van der Waals surface area (Å²) < 4.78 is 0. The monoisotopic (exact) mass is 234 g/mol. The van der Waals surface area contributed by atoms with Crippen LogP contribution in [0.4, 0.5) is 0 Å². The molecule has 1 rings (SSSR count). The Labute approximate surface area is 106 Å². The fraction of sp³-hybridized carbons (Fsp3) is 0.625. The maximum atomic E-state index is 9.88. The summed E-state index contributed by atoms with van der Waals surface area (Å²) in [6, 6.07) is 6.05. The fourth-order valence-electron chi connectivity index (χ4n) is 2.05. The van der Waals surface area contributed by atoms with Gasteiger partial charge in [0.05, 0.1) is 0 Å². The predicted octanol–water partition coefficient (Wildman–Crippen LogP) is 4.67. The van der Waals surface area contributed by atoms with Crippen LogP contribution in [0.15, 0.2) is 18.2 Å². The van der Waals surface area contributed by atoms with Crippen LogP contribution in [0.25, 0.3) is 0 Å². The average molecular weight is 234 g/mol. The number of hydrogen-bond donors (Lipinski definition) is 1. The molecule has 0 aliphatic carbocycles. The number of phenolic OH excluding ortho intramolecular Hbond substituents is 1. The molecule has 0 heterocycles. The first-order chi connectivity index (χ1) is 7.80. The summed E-state index contributed by atoms with van der Waals surface area (Å²) in [4.78, 5) is 0. The minimum absolute atomic E-state index is 0.0120. The van der Waals surface area contributed by atoms with Gasteiger partial charge >= 0.3 is 0 Å². The number of aromatic hydroxyl groups is 1. The van der Waals surface area contributed by atoms with Crippen LogP contribution in [-0.4, -0.2) is 5.11 Å². The van der Waals surface area contributed by atoms with E-state index in [1.165, 1.54) is 18.4 Å². The molecule has 0 aliphatic rings. The number of phenols is 1. The Morgan fingerprint density at radius 2 is 1.82 bits per heavy atom. The molecule has 96 valence electrons. The van der Waals surface area contributed by atoms with Crippen molar-refractivity contribution in [3.8, 4) is 5.75 Å². The fourth-order valence-corrected chi connectivity index (χ4v) is 2.05. The van der Waals surface area contributed by atoms with Gasteiger partial charge in [0.25, 0.3) is 0 Å². The van der Waals surface area contributed by atoms with E-state index >= 15 is 0 Å². The molecule has 0 radical (unpaired) electrons. The molecule has 0 aliphatic heterocycles. The summed E-state index contributed by atoms with van der Waals surface area (Å²) in [6.45, 7) is 10.9. The molecule has 17 heavy (non-hydrogen) atoms. The van der Waals surface area contributed by atoms with Crippen molar-refractivity contribution in [3.63, 3.8) is 0 Å². The highest BCUT2D eigenvalue weighted by molar-refractivity contribution is 5.40. The van der Waals surface area contributed by atoms with Crippen molar-refractivity contribution in [1.29, 1.82) is 0 Å². The van der Waals surface area contributed by atoms with E-state index in [0.29, 0.717) is 5.75 Å². The molecule has 0 unspecified atom stereocenters. The van der Waals surface area contributed by atoms with Crippen LogP contribution in [0.2, 0.25) is 0 Å². The quantitative estimate of drug-likeness (QED) is 0.802. The Morgan fingerprint density at radius 1 is 1.18 bits per heavy atom. The van der Waals surface area contributed by atoms with E-state index < -0.39 is 0 Å². The van der Waals surface area contributed by atoms with Crippen LogP contribution in [0, 0.1) is 5.92 Å². The smallest absolute Gasteiger partial charge is 0.119 e. The van der Waals surface area contributed by atoms with Crippen molar-refractivity contribution < 1.29 is 5.11 Å².